The fourth-order valence-corrected chi connectivity index (χ4v) is 1.85. The topological polar surface area (TPSA) is 103 Å². The van der Waals surface area contributed by atoms with Gasteiger partial charge < -0.3 is 15.8 Å². The molecule has 0 amide bonds. The summed E-state index contributed by atoms with van der Waals surface area (Å²) in [7, 11) is 0. The molecule has 3 N–H and O–H groups in total. The fraction of sp³-hybridized carbons (Fsp3) is 0.214. The van der Waals surface area contributed by atoms with E-state index in [2.05, 4.69) is 10.3 Å². The van der Waals surface area contributed by atoms with Crippen LogP contribution in [0.2, 0.25) is 0 Å². The molecule has 1 aromatic carbocycles. The number of rotatable bonds is 6. The Labute approximate surface area is 121 Å². The Bertz CT molecular complexity index is 646. The van der Waals surface area contributed by atoms with Crippen LogP contribution in [0.15, 0.2) is 36.5 Å². The molecule has 0 unspecified atom stereocenters. The van der Waals surface area contributed by atoms with Gasteiger partial charge in [0, 0.05) is 23.5 Å². The standard InChI is InChI=1S/C14H16N4O3/c1-10-5-6-16-14(13(10)18(19)20)17-7-8-21-12-4-2-3-11(15)9-12/h2-6,9H,7-8,15H2,1H3,(H,16,17). The number of pyridine rings is 1. The Hall–Kier alpha value is -2.83. The summed E-state index contributed by atoms with van der Waals surface area (Å²) in [4.78, 5) is 14.6. The average molecular weight is 288 g/mol. The summed E-state index contributed by atoms with van der Waals surface area (Å²) in [5.74, 6) is 0.902. The SMILES string of the molecule is Cc1ccnc(NCCOc2cccc(N)c2)c1[N+](=O)[O-]. The first-order valence-corrected chi connectivity index (χ1v) is 6.40. The maximum Gasteiger partial charge on any atom is 0.314 e. The zero-order valence-electron chi connectivity index (χ0n) is 11.6. The normalized spacial score (nSPS) is 10.1. The van der Waals surface area contributed by atoms with Gasteiger partial charge in [0.15, 0.2) is 0 Å². The lowest BCUT2D eigenvalue weighted by molar-refractivity contribution is -0.384. The summed E-state index contributed by atoms with van der Waals surface area (Å²) < 4.78 is 5.50. The van der Waals surface area contributed by atoms with Gasteiger partial charge in [-0.1, -0.05) is 6.07 Å². The van der Waals surface area contributed by atoms with Gasteiger partial charge in [0.25, 0.3) is 0 Å². The first-order valence-electron chi connectivity index (χ1n) is 6.40. The van der Waals surface area contributed by atoms with E-state index in [4.69, 9.17) is 10.5 Å². The maximum absolute atomic E-state index is 11.0. The molecule has 2 aromatic rings. The Morgan fingerprint density at radius 2 is 2.24 bits per heavy atom. The monoisotopic (exact) mass is 288 g/mol. The molecule has 0 spiro atoms. The van der Waals surface area contributed by atoms with E-state index < -0.39 is 4.92 Å². The van der Waals surface area contributed by atoms with Crippen molar-refractivity contribution in [1.82, 2.24) is 4.98 Å². The van der Waals surface area contributed by atoms with Crippen molar-refractivity contribution in [1.29, 1.82) is 0 Å². The number of aromatic nitrogens is 1. The van der Waals surface area contributed by atoms with E-state index in [9.17, 15) is 10.1 Å². The highest BCUT2D eigenvalue weighted by Crippen LogP contribution is 2.25. The average Bonchev–Trinajstić information content (AvgIpc) is 2.43. The molecule has 0 aliphatic rings. The molecule has 0 saturated heterocycles. The molecule has 0 atom stereocenters. The highest BCUT2D eigenvalue weighted by molar-refractivity contribution is 5.59. The number of ether oxygens (including phenoxy) is 1. The summed E-state index contributed by atoms with van der Waals surface area (Å²) in [6.07, 6.45) is 1.53. The molecule has 0 aliphatic carbocycles. The number of anilines is 2. The molecule has 1 aromatic heterocycles. The second-order valence-electron chi connectivity index (χ2n) is 4.43. The minimum atomic E-state index is -0.441. The molecule has 0 saturated carbocycles. The molecule has 7 heteroatoms. The summed E-state index contributed by atoms with van der Waals surface area (Å²) in [5.41, 5.74) is 6.82. The van der Waals surface area contributed by atoms with E-state index in [1.54, 1.807) is 37.3 Å². The lowest BCUT2D eigenvalue weighted by atomic mass is 10.2. The number of nitrogens with two attached hydrogens (primary N) is 1. The zero-order chi connectivity index (χ0) is 15.2. The van der Waals surface area contributed by atoms with Crippen LogP contribution in [0.4, 0.5) is 17.2 Å². The largest absolute Gasteiger partial charge is 0.492 e. The van der Waals surface area contributed by atoms with Crippen molar-refractivity contribution in [3.05, 3.63) is 52.2 Å². The smallest absolute Gasteiger partial charge is 0.314 e. The van der Waals surface area contributed by atoms with Gasteiger partial charge in [-0.2, -0.15) is 0 Å². The van der Waals surface area contributed by atoms with Gasteiger partial charge in [-0.05, 0) is 25.1 Å². The van der Waals surface area contributed by atoms with Crippen LogP contribution in [-0.4, -0.2) is 23.1 Å². The Kier molecular flexibility index (Phi) is 4.55. The van der Waals surface area contributed by atoms with Crippen molar-refractivity contribution in [2.75, 3.05) is 24.2 Å². The van der Waals surface area contributed by atoms with Gasteiger partial charge in [0.1, 0.15) is 12.4 Å². The van der Waals surface area contributed by atoms with Crippen molar-refractivity contribution in [2.45, 2.75) is 6.92 Å². The van der Waals surface area contributed by atoms with Gasteiger partial charge in [-0.25, -0.2) is 4.98 Å². The molecular formula is C14H16N4O3. The molecule has 0 fully saturated rings. The van der Waals surface area contributed by atoms with Crippen LogP contribution in [0.25, 0.3) is 0 Å². The van der Waals surface area contributed by atoms with E-state index in [0.717, 1.165) is 0 Å². The molecule has 0 aliphatic heterocycles. The van der Waals surface area contributed by atoms with Crippen LogP contribution < -0.4 is 15.8 Å². The summed E-state index contributed by atoms with van der Waals surface area (Å²) in [6.45, 7) is 2.41. The van der Waals surface area contributed by atoms with Gasteiger partial charge in [0.05, 0.1) is 11.5 Å². The predicted molar refractivity (Wildman–Crippen MR) is 80.5 cm³/mol. The van der Waals surface area contributed by atoms with Crippen molar-refractivity contribution < 1.29 is 9.66 Å². The van der Waals surface area contributed by atoms with Crippen LogP contribution in [0.5, 0.6) is 5.75 Å². The van der Waals surface area contributed by atoms with E-state index in [-0.39, 0.29) is 11.5 Å². The zero-order valence-corrected chi connectivity index (χ0v) is 11.6. The quantitative estimate of drug-likeness (QED) is 0.366. The van der Waals surface area contributed by atoms with Crippen LogP contribution >= 0.6 is 0 Å². The third kappa shape index (κ3) is 3.82. The van der Waals surface area contributed by atoms with Crippen LogP contribution in [0, 0.1) is 17.0 Å². The number of nitrogens with one attached hydrogen (secondary N) is 1. The van der Waals surface area contributed by atoms with Gasteiger partial charge >= 0.3 is 5.69 Å². The summed E-state index contributed by atoms with van der Waals surface area (Å²) >= 11 is 0. The van der Waals surface area contributed by atoms with E-state index in [1.165, 1.54) is 6.20 Å². The van der Waals surface area contributed by atoms with E-state index >= 15 is 0 Å². The van der Waals surface area contributed by atoms with Gasteiger partial charge in [-0.15, -0.1) is 0 Å². The number of nitrogen functional groups attached to an aromatic ring is 1. The molecular weight excluding hydrogens is 272 g/mol. The maximum atomic E-state index is 11.0. The lowest BCUT2D eigenvalue weighted by Gasteiger charge is -2.09. The number of nitro groups is 1. The highest BCUT2D eigenvalue weighted by Gasteiger charge is 2.17. The van der Waals surface area contributed by atoms with Gasteiger partial charge in [0.2, 0.25) is 5.82 Å². The highest BCUT2D eigenvalue weighted by atomic mass is 16.6. The van der Waals surface area contributed by atoms with Crippen LogP contribution in [0.3, 0.4) is 0 Å². The lowest BCUT2D eigenvalue weighted by Crippen LogP contribution is -2.14. The van der Waals surface area contributed by atoms with Crippen molar-refractivity contribution >= 4 is 17.2 Å². The minimum Gasteiger partial charge on any atom is -0.492 e. The van der Waals surface area contributed by atoms with E-state index in [0.29, 0.717) is 30.2 Å². The number of benzene rings is 1. The number of hydrogen-bond donors (Lipinski definition) is 2. The fourth-order valence-electron chi connectivity index (χ4n) is 1.85. The Morgan fingerprint density at radius 3 is 2.95 bits per heavy atom. The molecule has 1 heterocycles. The first kappa shape index (κ1) is 14.6. The summed E-state index contributed by atoms with van der Waals surface area (Å²) in [6, 6.07) is 8.68. The number of aryl methyl sites for hydroxylation is 1. The van der Waals surface area contributed by atoms with Crippen molar-refractivity contribution in [3.63, 3.8) is 0 Å². The van der Waals surface area contributed by atoms with Gasteiger partial charge in [-0.3, -0.25) is 10.1 Å². The Morgan fingerprint density at radius 1 is 1.43 bits per heavy atom. The number of hydrogen-bond acceptors (Lipinski definition) is 6. The minimum absolute atomic E-state index is 0.0125. The molecule has 21 heavy (non-hydrogen) atoms. The van der Waals surface area contributed by atoms with Crippen LogP contribution in [-0.2, 0) is 0 Å². The molecule has 7 nitrogen and oxygen atoms in total. The third-order valence-electron chi connectivity index (χ3n) is 2.83. The predicted octanol–water partition coefficient (Wildman–Crippen LogP) is 2.37. The second kappa shape index (κ2) is 6.56. The van der Waals surface area contributed by atoms with Crippen LogP contribution in [0.1, 0.15) is 5.56 Å². The van der Waals surface area contributed by atoms with Crippen molar-refractivity contribution in [2.24, 2.45) is 0 Å². The molecule has 0 bridgehead atoms. The summed E-state index contributed by atoms with van der Waals surface area (Å²) in [5, 5.41) is 13.9. The van der Waals surface area contributed by atoms with E-state index in [1.807, 2.05) is 0 Å². The second-order valence-corrected chi connectivity index (χ2v) is 4.43. The molecule has 0 radical (unpaired) electrons. The number of nitrogens with zero attached hydrogens (tertiary/aromatic N) is 2. The molecule has 110 valence electrons. The van der Waals surface area contributed by atoms with Crippen molar-refractivity contribution in [3.8, 4) is 5.75 Å². The molecule has 2 rings (SSSR count). The first-order chi connectivity index (χ1) is 10.1. The Balaban J connectivity index is 1.92. The third-order valence-corrected chi connectivity index (χ3v) is 2.83.